The molecule has 2 aliphatic carbocycles. The van der Waals surface area contributed by atoms with E-state index in [2.05, 4.69) is 36.4 Å². The molecular weight excluding hydrogens is 284 g/mol. The van der Waals surface area contributed by atoms with E-state index < -0.39 is 0 Å². The molecule has 0 fully saturated rings. The van der Waals surface area contributed by atoms with Crippen LogP contribution in [0.15, 0.2) is 64.3 Å². The maximum atomic E-state index is 5.41. The molecule has 2 nitrogen and oxygen atoms in total. The number of benzene rings is 1. The van der Waals surface area contributed by atoms with Gasteiger partial charge in [-0.15, -0.1) is 0 Å². The largest absolute Gasteiger partial charge is 0.380 e. The lowest BCUT2D eigenvalue weighted by molar-refractivity contribution is 0.207. The van der Waals surface area contributed by atoms with Gasteiger partial charge in [0.05, 0.1) is 13.2 Å². The van der Waals surface area contributed by atoms with Crippen molar-refractivity contribution in [3.05, 3.63) is 69.8 Å². The van der Waals surface area contributed by atoms with Gasteiger partial charge in [-0.25, -0.2) is 0 Å². The number of ether oxygens (including phenoxy) is 2. The molecule has 0 spiro atoms. The minimum atomic E-state index is 0.729. The molecule has 1 aromatic rings. The van der Waals surface area contributed by atoms with Crippen LogP contribution >= 0.6 is 0 Å². The Bertz CT molecular complexity index is 635. The normalized spacial score (nSPS) is 18.1. The second kappa shape index (κ2) is 7.76. The molecule has 0 aromatic heterocycles. The highest BCUT2D eigenvalue weighted by molar-refractivity contribution is 5.42. The highest BCUT2D eigenvalue weighted by atomic mass is 16.5. The molecule has 0 radical (unpaired) electrons. The van der Waals surface area contributed by atoms with Crippen molar-refractivity contribution in [3.63, 3.8) is 0 Å². The standard InChI is InChI=1S/C21H26O2/c1-22-14-20-12-18-9-8-17(10-16-6-4-3-5-7-16)11-19(18)13-21(20)15-23-2/h3-8H,9-15H2,1-2H3. The maximum absolute atomic E-state index is 5.41. The Morgan fingerprint density at radius 3 is 2.13 bits per heavy atom. The average Bonchev–Trinajstić information content (AvgIpc) is 2.57. The van der Waals surface area contributed by atoms with Crippen LogP contribution in [0.4, 0.5) is 0 Å². The van der Waals surface area contributed by atoms with Crippen molar-refractivity contribution < 1.29 is 9.47 Å². The van der Waals surface area contributed by atoms with E-state index in [9.17, 15) is 0 Å². The van der Waals surface area contributed by atoms with E-state index >= 15 is 0 Å². The maximum Gasteiger partial charge on any atom is 0.0679 e. The summed E-state index contributed by atoms with van der Waals surface area (Å²) in [6.07, 6.45) is 7.87. The van der Waals surface area contributed by atoms with Crippen LogP contribution in [-0.4, -0.2) is 27.4 Å². The molecule has 0 atom stereocenters. The zero-order valence-corrected chi connectivity index (χ0v) is 14.2. The minimum Gasteiger partial charge on any atom is -0.380 e. The van der Waals surface area contributed by atoms with Crippen LogP contribution in [0, 0.1) is 0 Å². The summed E-state index contributed by atoms with van der Waals surface area (Å²) >= 11 is 0. The third-order valence-electron chi connectivity index (χ3n) is 4.84. The van der Waals surface area contributed by atoms with Gasteiger partial charge in [-0.05, 0) is 48.8 Å². The van der Waals surface area contributed by atoms with Gasteiger partial charge < -0.3 is 9.47 Å². The molecule has 0 N–H and O–H groups in total. The third-order valence-corrected chi connectivity index (χ3v) is 4.84. The lowest BCUT2D eigenvalue weighted by atomic mass is 9.78. The van der Waals surface area contributed by atoms with Gasteiger partial charge in [0, 0.05) is 14.2 Å². The smallest absolute Gasteiger partial charge is 0.0679 e. The highest BCUT2D eigenvalue weighted by Gasteiger charge is 2.23. The summed E-state index contributed by atoms with van der Waals surface area (Å²) < 4.78 is 10.8. The third kappa shape index (κ3) is 4.01. The van der Waals surface area contributed by atoms with E-state index in [4.69, 9.17) is 9.47 Å². The first-order chi connectivity index (χ1) is 11.3. The van der Waals surface area contributed by atoms with Crippen molar-refractivity contribution >= 4 is 0 Å². The molecule has 1 aromatic carbocycles. The van der Waals surface area contributed by atoms with Crippen molar-refractivity contribution in [1.29, 1.82) is 0 Å². The topological polar surface area (TPSA) is 18.5 Å². The fourth-order valence-electron chi connectivity index (χ4n) is 3.68. The predicted molar refractivity (Wildman–Crippen MR) is 94.5 cm³/mol. The molecule has 0 amide bonds. The molecule has 3 rings (SSSR count). The van der Waals surface area contributed by atoms with Crippen molar-refractivity contribution in [2.45, 2.75) is 32.1 Å². The molecule has 2 aliphatic rings. The minimum absolute atomic E-state index is 0.729. The first-order valence-electron chi connectivity index (χ1n) is 8.39. The Hall–Kier alpha value is -1.64. The van der Waals surface area contributed by atoms with Crippen LogP contribution in [-0.2, 0) is 15.9 Å². The zero-order chi connectivity index (χ0) is 16.1. The second-order valence-corrected chi connectivity index (χ2v) is 6.54. The monoisotopic (exact) mass is 310 g/mol. The van der Waals surface area contributed by atoms with Crippen LogP contribution in [0.5, 0.6) is 0 Å². The van der Waals surface area contributed by atoms with Crippen LogP contribution in [0.25, 0.3) is 0 Å². The molecule has 0 bridgehead atoms. The molecule has 0 unspecified atom stereocenters. The van der Waals surface area contributed by atoms with E-state index in [-0.39, 0.29) is 0 Å². The SMILES string of the molecule is COCC1=C(COC)CC2=C(CC=C(Cc3ccccc3)C2)C1. The van der Waals surface area contributed by atoms with Crippen molar-refractivity contribution in [1.82, 2.24) is 0 Å². The van der Waals surface area contributed by atoms with Gasteiger partial charge in [0.15, 0.2) is 0 Å². The molecule has 0 aliphatic heterocycles. The van der Waals surface area contributed by atoms with Crippen LogP contribution in [0.3, 0.4) is 0 Å². The van der Waals surface area contributed by atoms with E-state index in [1.807, 2.05) is 0 Å². The first-order valence-corrected chi connectivity index (χ1v) is 8.39. The van der Waals surface area contributed by atoms with Crippen LogP contribution < -0.4 is 0 Å². The van der Waals surface area contributed by atoms with E-state index in [0.29, 0.717) is 0 Å². The summed E-state index contributed by atoms with van der Waals surface area (Å²) in [5, 5.41) is 0. The lowest BCUT2D eigenvalue weighted by Crippen LogP contribution is -2.15. The highest BCUT2D eigenvalue weighted by Crippen LogP contribution is 2.39. The number of allylic oxidation sites excluding steroid dienone is 4. The summed E-state index contributed by atoms with van der Waals surface area (Å²) in [5.41, 5.74) is 9.04. The molecule has 23 heavy (non-hydrogen) atoms. The lowest BCUT2D eigenvalue weighted by Gasteiger charge is -2.29. The van der Waals surface area contributed by atoms with Crippen LogP contribution in [0.1, 0.15) is 31.2 Å². The van der Waals surface area contributed by atoms with Gasteiger partial charge in [0.25, 0.3) is 0 Å². The second-order valence-electron chi connectivity index (χ2n) is 6.54. The number of methoxy groups -OCH3 is 2. The number of rotatable bonds is 6. The summed E-state index contributed by atoms with van der Waals surface area (Å²) in [4.78, 5) is 0. The van der Waals surface area contributed by atoms with Gasteiger partial charge in [-0.2, -0.15) is 0 Å². The quantitative estimate of drug-likeness (QED) is 0.713. The zero-order valence-electron chi connectivity index (χ0n) is 14.2. The first kappa shape index (κ1) is 16.2. The van der Waals surface area contributed by atoms with Crippen molar-refractivity contribution in [3.8, 4) is 0 Å². The Kier molecular flexibility index (Phi) is 5.47. The summed E-state index contributed by atoms with van der Waals surface area (Å²) in [7, 11) is 3.56. The Morgan fingerprint density at radius 1 is 0.826 bits per heavy atom. The van der Waals surface area contributed by atoms with E-state index in [1.165, 1.54) is 16.7 Å². The van der Waals surface area contributed by atoms with Crippen LogP contribution in [0.2, 0.25) is 0 Å². The van der Waals surface area contributed by atoms with Crippen molar-refractivity contribution in [2.75, 3.05) is 27.4 Å². The summed E-state index contributed by atoms with van der Waals surface area (Å²) in [5.74, 6) is 0. The van der Waals surface area contributed by atoms with E-state index in [0.717, 1.165) is 45.3 Å². The Balaban J connectivity index is 1.68. The van der Waals surface area contributed by atoms with E-state index in [1.54, 1.807) is 30.9 Å². The van der Waals surface area contributed by atoms with Gasteiger partial charge in [-0.3, -0.25) is 0 Å². The number of hydrogen-bond acceptors (Lipinski definition) is 2. The molecule has 0 saturated carbocycles. The average molecular weight is 310 g/mol. The number of hydrogen-bond donors (Lipinski definition) is 0. The van der Waals surface area contributed by atoms with Crippen molar-refractivity contribution in [2.24, 2.45) is 0 Å². The van der Waals surface area contributed by atoms with Gasteiger partial charge >= 0.3 is 0 Å². The molecule has 0 heterocycles. The fourth-order valence-corrected chi connectivity index (χ4v) is 3.68. The fraction of sp³-hybridized carbons (Fsp3) is 0.429. The Labute approximate surface area is 139 Å². The predicted octanol–water partition coefficient (Wildman–Crippen LogP) is 4.63. The van der Waals surface area contributed by atoms with Gasteiger partial charge in [-0.1, -0.05) is 53.1 Å². The van der Waals surface area contributed by atoms with Gasteiger partial charge in [0.1, 0.15) is 0 Å². The molecule has 2 heteroatoms. The Morgan fingerprint density at radius 2 is 1.48 bits per heavy atom. The molecule has 0 saturated heterocycles. The summed E-state index contributed by atoms with van der Waals surface area (Å²) in [6.45, 7) is 1.46. The van der Waals surface area contributed by atoms with Gasteiger partial charge in [0.2, 0.25) is 0 Å². The molecule has 122 valence electrons. The molecular formula is C21H26O2. The summed E-state index contributed by atoms with van der Waals surface area (Å²) in [6, 6.07) is 10.8.